The van der Waals surface area contributed by atoms with E-state index in [2.05, 4.69) is 27.8 Å². The highest BCUT2D eigenvalue weighted by Crippen LogP contribution is 2.21. The van der Waals surface area contributed by atoms with Crippen molar-refractivity contribution >= 4 is 0 Å². The first-order valence-corrected chi connectivity index (χ1v) is 7.89. The van der Waals surface area contributed by atoms with E-state index in [9.17, 15) is 0 Å². The average Bonchev–Trinajstić information content (AvgIpc) is 2.34. The van der Waals surface area contributed by atoms with Crippen LogP contribution in [0.5, 0.6) is 0 Å². The van der Waals surface area contributed by atoms with Crippen LogP contribution in [0.15, 0.2) is 0 Å². The molecule has 0 N–H and O–H groups in total. The van der Waals surface area contributed by atoms with Gasteiger partial charge < -0.3 is 4.48 Å². The molecule has 2 unspecified atom stereocenters. The Balaban J connectivity index is 2.15. The highest BCUT2D eigenvalue weighted by atomic mass is 15.3. The summed E-state index contributed by atoms with van der Waals surface area (Å²) in [4.78, 5) is 0. The summed E-state index contributed by atoms with van der Waals surface area (Å²) in [7, 11) is 2.47. The lowest BCUT2D eigenvalue weighted by Gasteiger charge is -2.38. The normalized spacial score (nSPS) is 23.3. The van der Waals surface area contributed by atoms with E-state index in [1.54, 1.807) is 0 Å². The van der Waals surface area contributed by atoms with Gasteiger partial charge in [-0.2, -0.15) is 0 Å². The van der Waals surface area contributed by atoms with Gasteiger partial charge in [0, 0.05) is 0 Å². The van der Waals surface area contributed by atoms with E-state index in [1.807, 2.05) is 0 Å². The zero-order chi connectivity index (χ0) is 12.7. The highest BCUT2D eigenvalue weighted by molar-refractivity contribution is 4.59. The lowest BCUT2D eigenvalue weighted by atomic mass is 9.94. The van der Waals surface area contributed by atoms with Gasteiger partial charge in [-0.15, -0.1) is 0 Å². The van der Waals surface area contributed by atoms with Crippen LogP contribution >= 0.6 is 0 Å². The monoisotopic (exact) mass is 240 g/mol. The van der Waals surface area contributed by atoms with Gasteiger partial charge in [0.15, 0.2) is 0 Å². The highest BCUT2D eigenvalue weighted by Gasteiger charge is 2.24. The van der Waals surface area contributed by atoms with Crippen molar-refractivity contribution in [3.8, 4) is 0 Å². The summed E-state index contributed by atoms with van der Waals surface area (Å²) in [6.07, 6.45) is 10.0. The maximum absolute atomic E-state index is 2.47. The molecule has 0 spiro atoms. The molecular formula is C16H34N+. The zero-order valence-corrected chi connectivity index (χ0v) is 12.7. The molecule has 0 aromatic heterocycles. The smallest absolute Gasteiger partial charge is 0.0787 e. The van der Waals surface area contributed by atoms with E-state index in [4.69, 9.17) is 0 Å². The minimum atomic E-state index is 0.928. The number of piperidine rings is 1. The van der Waals surface area contributed by atoms with Crippen LogP contribution < -0.4 is 0 Å². The van der Waals surface area contributed by atoms with E-state index in [0.29, 0.717) is 0 Å². The van der Waals surface area contributed by atoms with E-state index in [0.717, 1.165) is 11.8 Å². The number of quaternary nitrogens is 1. The van der Waals surface area contributed by atoms with Gasteiger partial charge in [-0.05, 0) is 37.5 Å². The molecule has 0 saturated carbocycles. The van der Waals surface area contributed by atoms with Gasteiger partial charge >= 0.3 is 0 Å². The minimum absolute atomic E-state index is 0.928. The predicted octanol–water partition coefficient (Wildman–Crippen LogP) is 4.47. The molecule has 0 aromatic rings. The first-order valence-electron chi connectivity index (χ1n) is 7.89. The van der Waals surface area contributed by atoms with Crippen molar-refractivity contribution in [3.05, 3.63) is 0 Å². The second kappa shape index (κ2) is 7.41. The fourth-order valence-corrected chi connectivity index (χ4v) is 2.95. The predicted molar refractivity (Wildman–Crippen MR) is 77.1 cm³/mol. The van der Waals surface area contributed by atoms with Crippen LogP contribution in [0.1, 0.15) is 65.7 Å². The second-order valence-corrected chi connectivity index (χ2v) is 6.84. The summed E-state index contributed by atoms with van der Waals surface area (Å²) in [6.45, 7) is 11.4. The minimum Gasteiger partial charge on any atom is -0.326 e. The van der Waals surface area contributed by atoms with Gasteiger partial charge in [0.25, 0.3) is 0 Å². The molecule has 17 heavy (non-hydrogen) atoms. The second-order valence-electron chi connectivity index (χ2n) is 6.84. The number of nitrogens with zero attached hydrogens (tertiary/aromatic N) is 1. The van der Waals surface area contributed by atoms with Crippen LogP contribution in [0, 0.1) is 11.8 Å². The molecule has 0 bridgehead atoms. The van der Waals surface area contributed by atoms with Crippen molar-refractivity contribution in [2.75, 3.05) is 26.7 Å². The van der Waals surface area contributed by atoms with Crippen molar-refractivity contribution in [1.82, 2.24) is 0 Å². The largest absolute Gasteiger partial charge is 0.326 e. The summed E-state index contributed by atoms with van der Waals surface area (Å²) in [5, 5.41) is 0. The van der Waals surface area contributed by atoms with E-state index in [1.165, 1.54) is 69.1 Å². The van der Waals surface area contributed by atoms with Crippen LogP contribution in [0.2, 0.25) is 0 Å². The summed E-state index contributed by atoms with van der Waals surface area (Å²) < 4.78 is 1.35. The molecule has 1 nitrogen and oxygen atoms in total. The fourth-order valence-electron chi connectivity index (χ4n) is 2.95. The number of rotatable bonds is 7. The fraction of sp³-hybridized carbons (Fsp3) is 1.00. The van der Waals surface area contributed by atoms with E-state index >= 15 is 0 Å². The van der Waals surface area contributed by atoms with Gasteiger partial charge in [-0.25, -0.2) is 0 Å². The molecule has 102 valence electrons. The first-order chi connectivity index (χ1) is 8.06. The van der Waals surface area contributed by atoms with Gasteiger partial charge in [-0.1, -0.05) is 40.0 Å². The SMILES string of the molecule is CCC(C)CCC(C)CC[N+]1(C)CCCCC1. The Hall–Kier alpha value is -0.0400. The third-order valence-electron chi connectivity index (χ3n) is 4.91. The number of hydrogen-bond acceptors (Lipinski definition) is 0. The summed E-state index contributed by atoms with van der Waals surface area (Å²) in [5.41, 5.74) is 0. The lowest BCUT2D eigenvalue weighted by Crippen LogP contribution is -2.48. The van der Waals surface area contributed by atoms with Gasteiger partial charge in [0.2, 0.25) is 0 Å². The third-order valence-corrected chi connectivity index (χ3v) is 4.91. The Morgan fingerprint density at radius 3 is 2.06 bits per heavy atom. The van der Waals surface area contributed by atoms with Crippen LogP contribution in [0.4, 0.5) is 0 Å². The summed E-state index contributed by atoms with van der Waals surface area (Å²) in [5.74, 6) is 1.86. The van der Waals surface area contributed by atoms with E-state index < -0.39 is 0 Å². The van der Waals surface area contributed by atoms with Gasteiger partial charge in [0.05, 0.1) is 26.7 Å². The first kappa shape index (κ1) is 15.0. The molecule has 1 aliphatic rings. The molecule has 0 aliphatic carbocycles. The Bertz CT molecular complexity index is 194. The van der Waals surface area contributed by atoms with Gasteiger partial charge in [-0.3, -0.25) is 0 Å². The van der Waals surface area contributed by atoms with Crippen molar-refractivity contribution < 1.29 is 4.48 Å². The van der Waals surface area contributed by atoms with Crippen LogP contribution in [0.3, 0.4) is 0 Å². The Labute approximate surface area is 109 Å². The maximum Gasteiger partial charge on any atom is 0.0787 e. The molecule has 0 radical (unpaired) electrons. The van der Waals surface area contributed by atoms with Crippen molar-refractivity contribution in [2.24, 2.45) is 11.8 Å². The lowest BCUT2D eigenvalue weighted by molar-refractivity contribution is -0.914. The summed E-state index contributed by atoms with van der Waals surface area (Å²) in [6, 6.07) is 0. The molecule has 0 amide bonds. The van der Waals surface area contributed by atoms with Crippen molar-refractivity contribution in [2.45, 2.75) is 65.7 Å². The maximum atomic E-state index is 2.47. The molecule has 0 aromatic carbocycles. The van der Waals surface area contributed by atoms with Gasteiger partial charge in [0.1, 0.15) is 0 Å². The Morgan fingerprint density at radius 2 is 1.47 bits per heavy atom. The number of likely N-dealkylation sites (tertiary alicyclic amines) is 1. The van der Waals surface area contributed by atoms with Crippen LogP contribution in [-0.4, -0.2) is 31.2 Å². The Morgan fingerprint density at radius 1 is 0.882 bits per heavy atom. The molecule has 1 fully saturated rings. The van der Waals surface area contributed by atoms with Crippen LogP contribution in [-0.2, 0) is 0 Å². The quantitative estimate of drug-likeness (QED) is 0.576. The molecule has 2 atom stereocenters. The summed E-state index contributed by atoms with van der Waals surface area (Å²) >= 11 is 0. The molecule has 1 heteroatoms. The van der Waals surface area contributed by atoms with E-state index in [-0.39, 0.29) is 0 Å². The van der Waals surface area contributed by atoms with Crippen molar-refractivity contribution in [1.29, 1.82) is 0 Å². The molecule has 1 aliphatic heterocycles. The average molecular weight is 240 g/mol. The third kappa shape index (κ3) is 5.90. The molecule has 1 heterocycles. The standard InChI is InChI=1S/C16H34N/c1-5-15(2)9-10-16(3)11-14-17(4)12-7-6-8-13-17/h15-16H,5-14H2,1-4H3/q+1. The zero-order valence-electron chi connectivity index (χ0n) is 12.7. The molecular weight excluding hydrogens is 206 g/mol. The molecule has 1 rings (SSSR count). The number of hydrogen-bond donors (Lipinski definition) is 0. The Kier molecular flexibility index (Phi) is 6.54. The molecule has 1 saturated heterocycles. The van der Waals surface area contributed by atoms with Crippen LogP contribution in [0.25, 0.3) is 0 Å². The topological polar surface area (TPSA) is 0 Å². The van der Waals surface area contributed by atoms with Crippen molar-refractivity contribution in [3.63, 3.8) is 0 Å².